The molecule has 6 heteroatoms. The van der Waals surface area contributed by atoms with Crippen molar-refractivity contribution < 1.29 is 19.4 Å². The Morgan fingerprint density at radius 2 is 2.05 bits per heavy atom. The number of allylic oxidation sites excluding steroid dienone is 1. The molecule has 0 fully saturated rings. The molecule has 2 amide bonds. The van der Waals surface area contributed by atoms with Gasteiger partial charge in [0.2, 0.25) is 0 Å². The number of aliphatic hydroxyl groups is 1. The first-order valence-electron chi connectivity index (χ1n) is 5.97. The fourth-order valence-corrected chi connectivity index (χ4v) is 2.00. The zero-order valence-corrected chi connectivity index (χ0v) is 11.9. The number of carbonyl (C=O) groups is 2. The Kier molecular flexibility index (Phi) is 4.24. The van der Waals surface area contributed by atoms with E-state index in [1.54, 1.807) is 6.92 Å². The number of rotatable bonds is 1. The molecule has 6 nitrogen and oxygen atoms in total. The summed E-state index contributed by atoms with van der Waals surface area (Å²) in [7, 11) is 1.27. The maximum Gasteiger partial charge on any atom is 0.415 e. The van der Waals surface area contributed by atoms with Gasteiger partial charge < -0.3 is 9.84 Å². The Bertz CT molecular complexity index is 434. The van der Waals surface area contributed by atoms with Gasteiger partial charge in [0, 0.05) is 17.7 Å². The lowest BCUT2D eigenvalue weighted by molar-refractivity contribution is -0.137. The largest absolute Gasteiger partial charge is 0.495 e. The van der Waals surface area contributed by atoms with Crippen molar-refractivity contribution in [3.05, 3.63) is 24.2 Å². The molecule has 1 heterocycles. The second-order valence-corrected chi connectivity index (χ2v) is 5.29. The quantitative estimate of drug-likeness (QED) is 0.740. The lowest BCUT2D eigenvalue weighted by Crippen LogP contribution is -2.58. The number of ether oxygens (including phenoxy) is 1. The third kappa shape index (κ3) is 2.89. The highest BCUT2D eigenvalue weighted by atomic mass is 16.5. The Morgan fingerprint density at radius 1 is 1.47 bits per heavy atom. The van der Waals surface area contributed by atoms with Gasteiger partial charge in [-0.2, -0.15) is 0 Å². The smallest absolute Gasteiger partial charge is 0.415 e. The van der Waals surface area contributed by atoms with Crippen molar-refractivity contribution in [2.75, 3.05) is 7.11 Å². The van der Waals surface area contributed by atoms with Crippen LogP contribution in [0.5, 0.6) is 0 Å². The molecule has 19 heavy (non-hydrogen) atoms. The lowest BCUT2D eigenvalue weighted by Gasteiger charge is -2.45. The SMILES string of the molecule is C/C=C(\O)N1C(=O)C=CN(C(=O)OC)[C@H]1C(C)(C)C. The lowest BCUT2D eigenvalue weighted by atomic mass is 9.89. The first-order valence-corrected chi connectivity index (χ1v) is 5.97. The summed E-state index contributed by atoms with van der Waals surface area (Å²) in [5.74, 6) is -0.571. The summed E-state index contributed by atoms with van der Waals surface area (Å²) in [6, 6.07) is 0. The summed E-state index contributed by atoms with van der Waals surface area (Å²) in [5, 5.41) is 9.91. The normalized spacial score (nSPS) is 20.8. The van der Waals surface area contributed by atoms with E-state index in [-0.39, 0.29) is 11.8 Å². The van der Waals surface area contributed by atoms with E-state index in [0.29, 0.717) is 0 Å². The predicted octanol–water partition coefficient (Wildman–Crippen LogP) is 2.20. The van der Waals surface area contributed by atoms with Gasteiger partial charge in [0.1, 0.15) is 6.17 Å². The monoisotopic (exact) mass is 268 g/mol. The number of aliphatic hydroxyl groups excluding tert-OH is 1. The van der Waals surface area contributed by atoms with Crippen molar-refractivity contribution >= 4 is 12.0 Å². The van der Waals surface area contributed by atoms with Crippen LogP contribution in [-0.2, 0) is 9.53 Å². The van der Waals surface area contributed by atoms with Crippen LogP contribution in [0.1, 0.15) is 27.7 Å². The molecule has 1 aliphatic rings. The minimum absolute atomic E-state index is 0.192. The second-order valence-electron chi connectivity index (χ2n) is 5.29. The van der Waals surface area contributed by atoms with Crippen LogP contribution in [0.2, 0.25) is 0 Å². The molecular weight excluding hydrogens is 248 g/mol. The van der Waals surface area contributed by atoms with Gasteiger partial charge in [0.25, 0.3) is 5.91 Å². The molecule has 0 unspecified atom stereocenters. The van der Waals surface area contributed by atoms with Gasteiger partial charge in [-0.3, -0.25) is 14.6 Å². The molecule has 0 aromatic heterocycles. The minimum atomic E-state index is -0.659. The Balaban J connectivity index is 3.33. The van der Waals surface area contributed by atoms with Gasteiger partial charge in [0.05, 0.1) is 7.11 Å². The second kappa shape index (κ2) is 5.34. The standard InChI is InChI=1S/C13H20N2O4/c1-6-9(16)15-10(17)7-8-14(12(18)19-5)11(15)13(2,3)4/h6-8,11,16H,1-5H3/b9-6-/t11-/m1/s1. The van der Waals surface area contributed by atoms with E-state index >= 15 is 0 Å². The van der Waals surface area contributed by atoms with Crippen LogP contribution in [-0.4, -0.2) is 40.2 Å². The van der Waals surface area contributed by atoms with Gasteiger partial charge in [-0.1, -0.05) is 20.8 Å². The van der Waals surface area contributed by atoms with E-state index in [9.17, 15) is 14.7 Å². The molecule has 0 aliphatic carbocycles. The van der Waals surface area contributed by atoms with Crippen molar-refractivity contribution in [2.24, 2.45) is 5.41 Å². The Hall–Kier alpha value is -1.98. The van der Waals surface area contributed by atoms with Crippen molar-refractivity contribution in [3.8, 4) is 0 Å². The van der Waals surface area contributed by atoms with Crippen LogP contribution in [0, 0.1) is 5.41 Å². The summed E-state index contributed by atoms with van der Waals surface area (Å²) < 4.78 is 4.71. The summed E-state index contributed by atoms with van der Waals surface area (Å²) in [5.41, 5.74) is -0.467. The molecule has 1 atom stereocenters. The highest BCUT2D eigenvalue weighted by Crippen LogP contribution is 2.32. The van der Waals surface area contributed by atoms with Crippen LogP contribution in [0.15, 0.2) is 24.2 Å². The van der Waals surface area contributed by atoms with Gasteiger partial charge in [-0.25, -0.2) is 4.79 Å². The van der Waals surface area contributed by atoms with Crippen molar-refractivity contribution in [1.82, 2.24) is 9.80 Å². The Morgan fingerprint density at radius 3 is 2.47 bits per heavy atom. The number of hydrogen-bond acceptors (Lipinski definition) is 4. The first kappa shape index (κ1) is 15.1. The zero-order valence-electron chi connectivity index (χ0n) is 11.9. The average molecular weight is 268 g/mol. The third-order valence-electron chi connectivity index (χ3n) is 2.79. The fourth-order valence-electron chi connectivity index (χ4n) is 2.00. The van der Waals surface area contributed by atoms with Crippen LogP contribution in [0.3, 0.4) is 0 Å². The van der Waals surface area contributed by atoms with Gasteiger partial charge in [0.15, 0.2) is 5.88 Å². The topological polar surface area (TPSA) is 70.1 Å². The molecule has 0 aromatic rings. The van der Waals surface area contributed by atoms with E-state index in [1.165, 1.54) is 35.3 Å². The number of hydrogen-bond donors (Lipinski definition) is 1. The summed E-state index contributed by atoms with van der Waals surface area (Å²) in [4.78, 5) is 26.2. The molecule has 0 spiro atoms. The molecule has 106 valence electrons. The number of carbonyl (C=O) groups excluding carboxylic acids is 2. The van der Waals surface area contributed by atoms with Gasteiger partial charge in [-0.05, 0) is 13.0 Å². The van der Waals surface area contributed by atoms with Crippen LogP contribution >= 0.6 is 0 Å². The van der Waals surface area contributed by atoms with Crippen molar-refractivity contribution in [2.45, 2.75) is 33.9 Å². The highest BCUT2D eigenvalue weighted by Gasteiger charge is 2.43. The average Bonchev–Trinajstić information content (AvgIpc) is 2.35. The number of amides is 2. The van der Waals surface area contributed by atoms with Crippen LogP contribution in [0.4, 0.5) is 4.79 Å². The molecular formula is C13H20N2O4. The van der Waals surface area contributed by atoms with E-state index in [0.717, 1.165) is 0 Å². The molecule has 0 saturated heterocycles. The zero-order chi connectivity index (χ0) is 14.8. The molecule has 1 aliphatic heterocycles. The van der Waals surface area contributed by atoms with Gasteiger partial charge >= 0.3 is 6.09 Å². The maximum absolute atomic E-state index is 12.0. The third-order valence-corrected chi connectivity index (χ3v) is 2.79. The molecule has 0 radical (unpaired) electrons. The Labute approximate surface area is 112 Å². The minimum Gasteiger partial charge on any atom is -0.495 e. The van der Waals surface area contributed by atoms with E-state index in [1.807, 2.05) is 20.8 Å². The number of nitrogens with zero attached hydrogens (tertiary/aromatic N) is 2. The summed E-state index contributed by atoms with van der Waals surface area (Å²) >= 11 is 0. The van der Waals surface area contributed by atoms with Crippen LogP contribution < -0.4 is 0 Å². The molecule has 0 bridgehead atoms. The number of methoxy groups -OCH3 is 1. The van der Waals surface area contributed by atoms with Crippen LogP contribution in [0.25, 0.3) is 0 Å². The molecule has 1 rings (SSSR count). The highest BCUT2D eigenvalue weighted by molar-refractivity contribution is 5.91. The summed E-state index contributed by atoms with van der Waals surface area (Å²) in [6.07, 6.45) is 2.76. The van der Waals surface area contributed by atoms with Crippen molar-refractivity contribution in [3.63, 3.8) is 0 Å². The maximum atomic E-state index is 12.0. The van der Waals surface area contributed by atoms with Gasteiger partial charge in [-0.15, -0.1) is 0 Å². The van der Waals surface area contributed by atoms with E-state index in [4.69, 9.17) is 4.74 Å². The molecule has 0 saturated carbocycles. The summed E-state index contributed by atoms with van der Waals surface area (Å²) in [6.45, 7) is 7.23. The predicted molar refractivity (Wildman–Crippen MR) is 69.9 cm³/mol. The molecule has 0 aromatic carbocycles. The van der Waals surface area contributed by atoms with E-state index in [2.05, 4.69) is 0 Å². The first-order chi connectivity index (χ1) is 8.73. The van der Waals surface area contributed by atoms with Crippen molar-refractivity contribution in [1.29, 1.82) is 0 Å². The molecule has 1 N–H and O–H groups in total. The van der Waals surface area contributed by atoms with E-state index < -0.39 is 17.7 Å². The fraction of sp³-hybridized carbons (Fsp3) is 0.538.